The van der Waals surface area contributed by atoms with Gasteiger partial charge in [-0.25, -0.2) is 0 Å². The minimum absolute atomic E-state index is 0.0535. The average Bonchev–Trinajstić information content (AvgIpc) is 2.48. The number of alkyl halides is 2. The van der Waals surface area contributed by atoms with E-state index in [1.165, 1.54) is 24.3 Å². The largest absolute Gasteiger partial charge is 0.435 e. The molecular formula is C15H22F2N2O3. The molecule has 0 aliphatic rings. The summed E-state index contributed by atoms with van der Waals surface area (Å²) in [4.78, 5) is 14.0. The highest BCUT2D eigenvalue weighted by molar-refractivity contribution is 5.94. The zero-order valence-electron chi connectivity index (χ0n) is 13.0. The number of nitrogens with zero attached hydrogens (tertiary/aromatic N) is 1. The number of carbonyl (C=O) groups is 1. The maximum Gasteiger partial charge on any atom is 0.387 e. The van der Waals surface area contributed by atoms with Crippen molar-refractivity contribution in [2.45, 2.75) is 26.0 Å². The maximum absolute atomic E-state index is 12.1. The number of amides is 1. The van der Waals surface area contributed by atoms with Gasteiger partial charge in [-0.1, -0.05) is 0 Å². The summed E-state index contributed by atoms with van der Waals surface area (Å²) in [5, 5.41) is 2.74. The van der Waals surface area contributed by atoms with Crippen LogP contribution in [0.1, 0.15) is 13.3 Å². The topological polar surface area (TPSA) is 50.8 Å². The fourth-order valence-corrected chi connectivity index (χ4v) is 1.82. The van der Waals surface area contributed by atoms with E-state index in [4.69, 9.17) is 4.74 Å². The van der Waals surface area contributed by atoms with Crippen LogP contribution >= 0.6 is 0 Å². The molecule has 1 aromatic rings. The first-order valence-electron chi connectivity index (χ1n) is 6.99. The number of hydrogen-bond acceptors (Lipinski definition) is 4. The zero-order valence-corrected chi connectivity index (χ0v) is 13.0. The lowest BCUT2D eigenvalue weighted by atomic mass is 10.2. The van der Waals surface area contributed by atoms with E-state index in [1.807, 2.05) is 11.9 Å². The quantitative estimate of drug-likeness (QED) is 0.712. The van der Waals surface area contributed by atoms with E-state index in [9.17, 15) is 13.6 Å². The molecule has 5 nitrogen and oxygen atoms in total. The van der Waals surface area contributed by atoms with Gasteiger partial charge in [0.1, 0.15) is 5.75 Å². The number of methoxy groups -OCH3 is 1. The fraction of sp³-hybridized carbons (Fsp3) is 0.533. The van der Waals surface area contributed by atoms with Gasteiger partial charge in [-0.2, -0.15) is 8.78 Å². The van der Waals surface area contributed by atoms with Crippen molar-refractivity contribution in [1.29, 1.82) is 0 Å². The predicted molar refractivity (Wildman–Crippen MR) is 80.3 cm³/mol. The van der Waals surface area contributed by atoms with Crippen molar-refractivity contribution in [3.8, 4) is 5.75 Å². The second kappa shape index (κ2) is 9.32. The Labute approximate surface area is 129 Å². The molecule has 0 aromatic heterocycles. The second-order valence-electron chi connectivity index (χ2n) is 4.90. The van der Waals surface area contributed by atoms with Gasteiger partial charge < -0.3 is 14.8 Å². The Morgan fingerprint density at radius 2 is 1.95 bits per heavy atom. The first-order chi connectivity index (χ1) is 10.4. The molecule has 0 heterocycles. The first kappa shape index (κ1) is 18.3. The molecule has 0 bridgehead atoms. The molecule has 0 saturated carbocycles. The van der Waals surface area contributed by atoms with Crippen LogP contribution in [0.25, 0.3) is 0 Å². The number of ether oxygens (including phenoxy) is 2. The highest BCUT2D eigenvalue weighted by Crippen LogP contribution is 2.18. The van der Waals surface area contributed by atoms with Crippen molar-refractivity contribution in [1.82, 2.24) is 4.90 Å². The lowest BCUT2D eigenvalue weighted by Crippen LogP contribution is -2.40. The number of carbonyl (C=O) groups excluding carboxylic acids is 1. The molecule has 1 atom stereocenters. The third kappa shape index (κ3) is 6.36. The van der Waals surface area contributed by atoms with E-state index < -0.39 is 6.61 Å². The number of hydrogen-bond donors (Lipinski definition) is 1. The van der Waals surface area contributed by atoms with E-state index in [0.29, 0.717) is 12.3 Å². The average molecular weight is 316 g/mol. The maximum atomic E-state index is 12.1. The Morgan fingerprint density at radius 1 is 1.32 bits per heavy atom. The molecule has 7 heteroatoms. The van der Waals surface area contributed by atoms with Gasteiger partial charge in [-0.05, 0) is 44.7 Å². The molecular weight excluding hydrogens is 294 g/mol. The fourth-order valence-electron chi connectivity index (χ4n) is 1.82. The highest BCUT2D eigenvalue weighted by atomic mass is 19.3. The van der Waals surface area contributed by atoms with Gasteiger partial charge in [0, 0.05) is 25.9 Å². The first-order valence-corrected chi connectivity index (χ1v) is 6.99. The van der Waals surface area contributed by atoms with Crippen LogP contribution < -0.4 is 10.1 Å². The van der Waals surface area contributed by atoms with E-state index in [0.717, 1.165) is 13.0 Å². The molecule has 1 unspecified atom stereocenters. The van der Waals surface area contributed by atoms with Crippen LogP contribution in [0.4, 0.5) is 14.5 Å². The summed E-state index contributed by atoms with van der Waals surface area (Å²) >= 11 is 0. The normalized spacial score (nSPS) is 12.5. The Bertz CT molecular complexity index is 455. The van der Waals surface area contributed by atoms with Crippen LogP contribution in [0.2, 0.25) is 0 Å². The van der Waals surface area contributed by atoms with Crippen molar-refractivity contribution in [3.63, 3.8) is 0 Å². The summed E-state index contributed by atoms with van der Waals surface area (Å²) in [7, 11) is 3.50. The molecule has 1 rings (SSSR count). The van der Waals surface area contributed by atoms with Gasteiger partial charge in [0.2, 0.25) is 5.91 Å². The monoisotopic (exact) mass is 316 g/mol. The Hall–Kier alpha value is -1.73. The van der Waals surface area contributed by atoms with Crippen LogP contribution in [0, 0.1) is 0 Å². The smallest absolute Gasteiger partial charge is 0.387 e. The lowest BCUT2D eigenvalue weighted by molar-refractivity contribution is -0.120. The summed E-state index contributed by atoms with van der Waals surface area (Å²) in [5.74, 6) is -0.111. The minimum atomic E-state index is -2.86. The third-order valence-corrected chi connectivity index (χ3v) is 3.25. The summed E-state index contributed by atoms with van der Waals surface area (Å²) in [5.41, 5.74) is 0.531. The molecule has 0 fully saturated rings. The van der Waals surface area contributed by atoms with Gasteiger partial charge in [0.05, 0.1) is 6.04 Å². The molecule has 124 valence electrons. The number of rotatable bonds is 9. The summed E-state index contributed by atoms with van der Waals surface area (Å²) in [6.07, 6.45) is 0.838. The van der Waals surface area contributed by atoms with Crippen molar-refractivity contribution >= 4 is 11.6 Å². The van der Waals surface area contributed by atoms with Gasteiger partial charge in [0.15, 0.2) is 0 Å². The van der Waals surface area contributed by atoms with Crippen molar-refractivity contribution < 1.29 is 23.0 Å². The van der Waals surface area contributed by atoms with Crippen LogP contribution in [0.3, 0.4) is 0 Å². The van der Waals surface area contributed by atoms with Crippen LogP contribution in [-0.4, -0.2) is 50.8 Å². The van der Waals surface area contributed by atoms with Crippen molar-refractivity contribution in [3.05, 3.63) is 24.3 Å². The second-order valence-corrected chi connectivity index (χ2v) is 4.90. The lowest BCUT2D eigenvalue weighted by Gasteiger charge is -2.23. The van der Waals surface area contributed by atoms with Gasteiger partial charge in [-0.15, -0.1) is 0 Å². The molecule has 0 aliphatic heterocycles. The predicted octanol–water partition coefficient (Wildman–Crippen LogP) is 2.58. The van der Waals surface area contributed by atoms with E-state index in [2.05, 4.69) is 10.1 Å². The molecule has 0 radical (unpaired) electrons. The number of halogens is 2. The number of likely N-dealkylation sites (N-methyl/N-ethyl adjacent to an activating group) is 1. The summed E-state index contributed by atoms with van der Waals surface area (Å²) < 4.78 is 33.3. The number of nitrogens with one attached hydrogen (secondary N) is 1. The Balaban J connectivity index is 2.49. The third-order valence-electron chi connectivity index (χ3n) is 3.25. The molecule has 0 aliphatic carbocycles. The zero-order chi connectivity index (χ0) is 16.5. The molecule has 22 heavy (non-hydrogen) atoms. The van der Waals surface area contributed by atoms with Crippen molar-refractivity contribution in [2.24, 2.45) is 0 Å². The minimum Gasteiger partial charge on any atom is -0.435 e. The Kier molecular flexibility index (Phi) is 7.76. The van der Waals surface area contributed by atoms with E-state index in [1.54, 1.807) is 14.0 Å². The summed E-state index contributed by atoms with van der Waals surface area (Å²) in [6.45, 7) is 0.325. The number of anilines is 1. The van der Waals surface area contributed by atoms with Gasteiger partial charge in [-0.3, -0.25) is 9.69 Å². The van der Waals surface area contributed by atoms with Crippen LogP contribution in [0.5, 0.6) is 5.75 Å². The SMILES string of the molecule is COCCCN(C)C(C)C(=O)Nc1ccc(OC(F)F)cc1. The van der Waals surface area contributed by atoms with Crippen LogP contribution in [0.15, 0.2) is 24.3 Å². The van der Waals surface area contributed by atoms with Crippen molar-refractivity contribution in [2.75, 3.05) is 32.6 Å². The molecule has 0 spiro atoms. The highest BCUT2D eigenvalue weighted by Gasteiger charge is 2.17. The van der Waals surface area contributed by atoms with E-state index >= 15 is 0 Å². The Morgan fingerprint density at radius 3 is 2.50 bits per heavy atom. The van der Waals surface area contributed by atoms with Gasteiger partial charge >= 0.3 is 6.61 Å². The number of benzene rings is 1. The molecule has 1 aromatic carbocycles. The van der Waals surface area contributed by atoms with Crippen LogP contribution in [-0.2, 0) is 9.53 Å². The standard InChI is InChI=1S/C15H22F2N2O3/c1-11(19(2)9-4-10-21-3)14(20)18-12-5-7-13(8-6-12)22-15(16)17/h5-8,11,15H,4,9-10H2,1-3H3,(H,18,20). The molecule has 0 saturated heterocycles. The van der Waals surface area contributed by atoms with Gasteiger partial charge in [0.25, 0.3) is 0 Å². The van der Waals surface area contributed by atoms with E-state index in [-0.39, 0.29) is 17.7 Å². The molecule has 1 amide bonds. The summed E-state index contributed by atoms with van der Waals surface area (Å²) in [6, 6.07) is 5.50. The molecule has 1 N–H and O–H groups in total.